The van der Waals surface area contributed by atoms with Gasteiger partial charge < -0.3 is 15.0 Å². The predicted octanol–water partition coefficient (Wildman–Crippen LogP) is 3.07. The van der Waals surface area contributed by atoms with E-state index in [0.717, 1.165) is 62.4 Å². The Balaban J connectivity index is 1.31. The number of nitrogens with one attached hydrogen (secondary N) is 1. The van der Waals surface area contributed by atoms with Gasteiger partial charge in [-0.15, -0.1) is 0 Å². The van der Waals surface area contributed by atoms with Gasteiger partial charge in [0.05, 0.1) is 12.3 Å². The van der Waals surface area contributed by atoms with Crippen LogP contribution in [0.5, 0.6) is 0 Å². The molecule has 1 aromatic carbocycles. The summed E-state index contributed by atoms with van der Waals surface area (Å²) in [6.45, 7) is 3.20. The smallest absolute Gasteiger partial charge is 0.224 e. The van der Waals surface area contributed by atoms with Gasteiger partial charge in [-0.1, -0.05) is 36.8 Å². The molecule has 6 heteroatoms. The average Bonchev–Trinajstić information content (AvgIpc) is 2.81. The van der Waals surface area contributed by atoms with E-state index in [1.165, 1.54) is 18.4 Å². The third-order valence-corrected chi connectivity index (χ3v) is 6.84. The summed E-state index contributed by atoms with van der Waals surface area (Å²) >= 11 is 0. The van der Waals surface area contributed by atoms with Crippen LogP contribution < -0.4 is 5.32 Å². The number of fused-ring (bicyclic) bond motifs is 2. The van der Waals surface area contributed by atoms with Crippen LogP contribution in [-0.4, -0.2) is 53.1 Å². The molecule has 0 aliphatic carbocycles. The van der Waals surface area contributed by atoms with Crippen LogP contribution in [-0.2, 0) is 21.6 Å². The Morgan fingerprint density at radius 1 is 1.20 bits per heavy atom. The van der Waals surface area contributed by atoms with Crippen molar-refractivity contribution < 1.29 is 9.53 Å². The highest BCUT2D eigenvalue weighted by Gasteiger charge is 2.43. The van der Waals surface area contributed by atoms with Crippen LogP contribution in [0.4, 0.5) is 0 Å². The van der Waals surface area contributed by atoms with E-state index in [1.807, 2.05) is 41.4 Å². The first-order valence-corrected chi connectivity index (χ1v) is 11.3. The first-order valence-electron chi connectivity index (χ1n) is 11.3. The van der Waals surface area contributed by atoms with Crippen molar-refractivity contribution >= 4 is 5.91 Å². The number of hydrogen-bond donors (Lipinski definition) is 1. The molecule has 2 fully saturated rings. The van der Waals surface area contributed by atoms with Crippen LogP contribution in [0.25, 0.3) is 11.4 Å². The van der Waals surface area contributed by atoms with Crippen molar-refractivity contribution in [2.75, 3.05) is 26.2 Å². The lowest BCUT2D eigenvalue weighted by Gasteiger charge is -2.44. The van der Waals surface area contributed by atoms with E-state index < -0.39 is 0 Å². The van der Waals surface area contributed by atoms with Gasteiger partial charge in [-0.25, -0.2) is 9.97 Å². The third-order valence-electron chi connectivity index (χ3n) is 6.84. The molecule has 2 aromatic rings. The molecule has 1 atom stereocenters. The highest BCUT2D eigenvalue weighted by Crippen LogP contribution is 2.41. The van der Waals surface area contributed by atoms with Crippen molar-refractivity contribution in [1.29, 1.82) is 0 Å². The molecule has 1 amide bonds. The standard InChI is InChI=1S/C24H30N4O2/c29-21(16-20-8-4-5-12-25-20)28-13-10-24(11-14-28)22-19(9-15-30-24)17-26-23(27-22)18-6-2-1-3-7-18/h1-3,6-7,17,20,25H,4-5,8-16H2. The summed E-state index contributed by atoms with van der Waals surface area (Å²) in [5, 5.41) is 3.49. The van der Waals surface area contributed by atoms with Gasteiger partial charge in [0, 0.05) is 37.3 Å². The number of piperidine rings is 2. The topological polar surface area (TPSA) is 67.4 Å². The minimum atomic E-state index is -0.389. The maximum Gasteiger partial charge on any atom is 0.224 e. The SMILES string of the molecule is O=C(CC1CCCCN1)N1CCC2(CC1)OCCc1cnc(-c3ccccc3)nc12. The number of hydrogen-bond acceptors (Lipinski definition) is 5. The molecule has 4 heterocycles. The van der Waals surface area contributed by atoms with Crippen molar-refractivity contribution in [1.82, 2.24) is 20.2 Å². The second-order valence-corrected chi connectivity index (χ2v) is 8.76. The Bertz CT molecular complexity index is 887. The molecule has 158 valence electrons. The number of likely N-dealkylation sites (tertiary alicyclic amines) is 1. The van der Waals surface area contributed by atoms with Crippen LogP contribution in [0.15, 0.2) is 36.5 Å². The summed E-state index contributed by atoms with van der Waals surface area (Å²) in [4.78, 5) is 24.5. The lowest BCUT2D eigenvalue weighted by Crippen LogP contribution is -2.50. The van der Waals surface area contributed by atoms with Gasteiger partial charge in [0.25, 0.3) is 0 Å². The van der Waals surface area contributed by atoms with Crippen LogP contribution >= 0.6 is 0 Å². The number of ether oxygens (including phenoxy) is 1. The van der Waals surface area contributed by atoms with Crippen LogP contribution in [0.2, 0.25) is 0 Å². The normalized spacial score (nSPS) is 23.2. The molecule has 30 heavy (non-hydrogen) atoms. The van der Waals surface area contributed by atoms with Crippen molar-refractivity contribution in [3.63, 3.8) is 0 Å². The average molecular weight is 407 g/mol. The van der Waals surface area contributed by atoms with E-state index in [2.05, 4.69) is 10.3 Å². The Kier molecular flexibility index (Phi) is 5.52. The number of carbonyl (C=O) groups is 1. The van der Waals surface area contributed by atoms with Gasteiger partial charge >= 0.3 is 0 Å². The van der Waals surface area contributed by atoms with Gasteiger partial charge in [0.2, 0.25) is 5.91 Å². The molecule has 3 aliphatic rings. The maximum absolute atomic E-state index is 12.8. The number of aromatic nitrogens is 2. The second kappa shape index (κ2) is 8.44. The first kappa shape index (κ1) is 19.6. The predicted molar refractivity (Wildman–Crippen MR) is 115 cm³/mol. The highest BCUT2D eigenvalue weighted by molar-refractivity contribution is 5.77. The lowest BCUT2D eigenvalue weighted by molar-refractivity contribution is -0.141. The number of amides is 1. The molecule has 6 nitrogen and oxygen atoms in total. The summed E-state index contributed by atoms with van der Waals surface area (Å²) < 4.78 is 6.36. The summed E-state index contributed by atoms with van der Waals surface area (Å²) in [6, 6.07) is 10.4. The quantitative estimate of drug-likeness (QED) is 0.849. The fourth-order valence-electron chi connectivity index (χ4n) is 5.07. The van der Waals surface area contributed by atoms with E-state index in [9.17, 15) is 4.79 Å². The molecule has 3 aliphatic heterocycles. The highest BCUT2D eigenvalue weighted by atomic mass is 16.5. The van der Waals surface area contributed by atoms with Gasteiger partial charge in [-0.05, 0) is 44.2 Å². The summed E-state index contributed by atoms with van der Waals surface area (Å²) in [5.41, 5.74) is 2.85. The monoisotopic (exact) mass is 406 g/mol. The molecule has 1 N–H and O–H groups in total. The van der Waals surface area contributed by atoms with Crippen molar-refractivity contribution in [2.45, 2.75) is 56.6 Å². The lowest BCUT2D eigenvalue weighted by atomic mass is 9.83. The molecule has 0 saturated carbocycles. The van der Waals surface area contributed by atoms with Crippen molar-refractivity contribution in [2.24, 2.45) is 0 Å². The third kappa shape index (κ3) is 3.86. The van der Waals surface area contributed by atoms with E-state index in [-0.39, 0.29) is 11.5 Å². The Morgan fingerprint density at radius 3 is 2.80 bits per heavy atom. The maximum atomic E-state index is 12.8. The largest absolute Gasteiger partial charge is 0.368 e. The van der Waals surface area contributed by atoms with E-state index in [4.69, 9.17) is 9.72 Å². The molecule has 1 aromatic heterocycles. The molecule has 2 saturated heterocycles. The summed E-state index contributed by atoms with van der Waals surface area (Å²) in [5.74, 6) is 1.02. The van der Waals surface area contributed by atoms with E-state index in [1.54, 1.807) is 0 Å². The minimum Gasteiger partial charge on any atom is -0.368 e. The molecule has 1 unspecified atom stereocenters. The first-order chi connectivity index (χ1) is 14.7. The second-order valence-electron chi connectivity index (χ2n) is 8.76. The fraction of sp³-hybridized carbons (Fsp3) is 0.542. The van der Waals surface area contributed by atoms with Crippen LogP contribution in [0, 0.1) is 0 Å². The zero-order chi connectivity index (χ0) is 20.4. The van der Waals surface area contributed by atoms with E-state index in [0.29, 0.717) is 19.1 Å². The number of rotatable bonds is 3. The van der Waals surface area contributed by atoms with Gasteiger partial charge in [0.1, 0.15) is 5.60 Å². The van der Waals surface area contributed by atoms with E-state index >= 15 is 0 Å². The zero-order valence-electron chi connectivity index (χ0n) is 17.5. The van der Waals surface area contributed by atoms with Crippen LogP contribution in [0.1, 0.15) is 49.8 Å². The van der Waals surface area contributed by atoms with Gasteiger partial charge in [-0.2, -0.15) is 0 Å². The molecular formula is C24H30N4O2. The molecule has 0 radical (unpaired) electrons. The summed E-state index contributed by atoms with van der Waals surface area (Å²) in [6.07, 6.45) is 8.60. The van der Waals surface area contributed by atoms with Crippen molar-refractivity contribution in [3.05, 3.63) is 47.8 Å². The molecule has 1 spiro atoms. The van der Waals surface area contributed by atoms with Gasteiger partial charge in [0.15, 0.2) is 5.82 Å². The Labute approximate surface area is 178 Å². The molecule has 5 rings (SSSR count). The fourth-order valence-corrected chi connectivity index (χ4v) is 5.07. The number of carbonyl (C=O) groups excluding carboxylic acids is 1. The number of benzene rings is 1. The minimum absolute atomic E-state index is 0.271. The molecule has 0 bridgehead atoms. The Hall–Kier alpha value is -2.31. The summed E-state index contributed by atoms with van der Waals surface area (Å²) in [7, 11) is 0. The van der Waals surface area contributed by atoms with Crippen molar-refractivity contribution in [3.8, 4) is 11.4 Å². The zero-order valence-corrected chi connectivity index (χ0v) is 17.5. The number of nitrogens with zero attached hydrogens (tertiary/aromatic N) is 3. The molecular weight excluding hydrogens is 376 g/mol. The Morgan fingerprint density at radius 2 is 2.03 bits per heavy atom. The van der Waals surface area contributed by atoms with Crippen LogP contribution in [0.3, 0.4) is 0 Å². The van der Waals surface area contributed by atoms with Gasteiger partial charge in [-0.3, -0.25) is 4.79 Å².